The molecular formula is C16H20F3N3O3. The van der Waals surface area contributed by atoms with Gasteiger partial charge in [0.05, 0.1) is 5.56 Å². The highest BCUT2D eigenvalue weighted by Gasteiger charge is 2.30. The molecule has 6 nitrogen and oxygen atoms in total. The van der Waals surface area contributed by atoms with Crippen LogP contribution in [0.2, 0.25) is 0 Å². The Hall–Kier alpha value is -2.45. The summed E-state index contributed by atoms with van der Waals surface area (Å²) in [5, 5.41) is 16.2. The first-order chi connectivity index (χ1) is 11.7. The van der Waals surface area contributed by atoms with Crippen molar-refractivity contribution >= 4 is 17.8 Å². The molecule has 1 aromatic rings. The predicted molar refractivity (Wildman–Crippen MR) is 85.4 cm³/mol. The lowest BCUT2D eigenvalue weighted by atomic mass is 9.86. The van der Waals surface area contributed by atoms with Crippen LogP contribution in [0, 0.1) is 5.92 Å². The van der Waals surface area contributed by atoms with E-state index in [1.54, 1.807) is 0 Å². The van der Waals surface area contributed by atoms with E-state index in [0.717, 1.165) is 37.8 Å². The van der Waals surface area contributed by atoms with E-state index in [1.165, 1.54) is 12.1 Å². The van der Waals surface area contributed by atoms with Crippen molar-refractivity contribution in [2.24, 2.45) is 5.92 Å². The zero-order valence-corrected chi connectivity index (χ0v) is 13.4. The number of amides is 3. The summed E-state index contributed by atoms with van der Waals surface area (Å²) >= 11 is 0. The van der Waals surface area contributed by atoms with Crippen molar-refractivity contribution in [3.05, 3.63) is 29.8 Å². The van der Waals surface area contributed by atoms with Crippen molar-refractivity contribution in [1.82, 2.24) is 10.6 Å². The summed E-state index contributed by atoms with van der Waals surface area (Å²) in [6.45, 7) is 0.403. The molecule has 2 rings (SSSR count). The Morgan fingerprint density at radius 2 is 1.68 bits per heavy atom. The molecule has 4 N–H and O–H groups in total. The van der Waals surface area contributed by atoms with Gasteiger partial charge >= 0.3 is 18.3 Å². The van der Waals surface area contributed by atoms with Gasteiger partial charge in [-0.25, -0.2) is 9.59 Å². The molecule has 0 heterocycles. The standard InChI is InChI=1S/C16H20F3N3O3/c17-16(18,19)11-3-7-13(8-4-11)22-14(23)21-12-5-1-10(2-6-12)9-20-15(24)25/h3-4,7-8,10,12,20H,1-2,5-6,9H2,(H,24,25)(H2,21,22,23)/t10-,12+. The van der Waals surface area contributed by atoms with Crippen LogP contribution >= 0.6 is 0 Å². The summed E-state index contributed by atoms with van der Waals surface area (Å²) in [5.74, 6) is 0.257. The second-order valence-electron chi connectivity index (χ2n) is 6.08. The molecule has 0 aromatic heterocycles. The molecule has 0 radical (unpaired) electrons. The van der Waals surface area contributed by atoms with Gasteiger partial charge in [0, 0.05) is 18.3 Å². The molecule has 25 heavy (non-hydrogen) atoms. The topological polar surface area (TPSA) is 90.5 Å². The number of hydrogen-bond donors (Lipinski definition) is 4. The van der Waals surface area contributed by atoms with Gasteiger partial charge < -0.3 is 21.1 Å². The monoisotopic (exact) mass is 359 g/mol. The van der Waals surface area contributed by atoms with E-state index in [9.17, 15) is 22.8 Å². The summed E-state index contributed by atoms with van der Waals surface area (Å²) in [6, 6.07) is 3.74. The minimum atomic E-state index is -4.41. The highest BCUT2D eigenvalue weighted by molar-refractivity contribution is 5.89. The molecule has 1 aliphatic rings. The van der Waals surface area contributed by atoms with Crippen LogP contribution in [0.4, 0.5) is 28.4 Å². The Labute approximate surface area is 142 Å². The average molecular weight is 359 g/mol. The third-order valence-corrected chi connectivity index (χ3v) is 4.19. The zero-order valence-electron chi connectivity index (χ0n) is 13.4. The average Bonchev–Trinajstić information content (AvgIpc) is 2.53. The van der Waals surface area contributed by atoms with E-state index in [-0.39, 0.29) is 17.6 Å². The molecule has 0 atom stereocenters. The molecular weight excluding hydrogens is 339 g/mol. The third kappa shape index (κ3) is 6.17. The summed E-state index contributed by atoms with van der Waals surface area (Å²) in [6.07, 6.45) is -2.40. The fraction of sp³-hybridized carbons (Fsp3) is 0.500. The molecule has 138 valence electrons. The van der Waals surface area contributed by atoms with Gasteiger partial charge in [-0.1, -0.05) is 0 Å². The number of nitrogens with one attached hydrogen (secondary N) is 3. The Kier molecular flexibility index (Phi) is 6.11. The maximum absolute atomic E-state index is 12.5. The van der Waals surface area contributed by atoms with Crippen molar-refractivity contribution in [1.29, 1.82) is 0 Å². The van der Waals surface area contributed by atoms with Crippen molar-refractivity contribution in [2.75, 3.05) is 11.9 Å². The molecule has 0 aliphatic heterocycles. The summed E-state index contributed by atoms with van der Waals surface area (Å²) < 4.78 is 37.5. The lowest BCUT2D eigenvalue weighted by Crippen LogP contribution is -2.41. The predicted octanol–water partition coefficient (Wildman–Crippen LogP) is 3.65. The van der Waals surface area contributed by atoms with Crippen LogP contribution in [0.3, 0.4) is 0 Å². The SMILES string of the molecule is O=C(O)NC[C@H]1CC[C@@H](NC(=O)Nc2ccc(C(F)(F)F)cc2)CC1. The molecule has 3 amide bonds. The minimum Gasteiger partial charge on any atom is -0.465 e. The lowest BCUT2D eigenvalue weighted by molar-refractivity contribution is -0.137. The van der Waals surface area contributed by atoms with Crippen molar-refractivity contribution < 1.29 is 27.9 Å². The lowest BCUT2D eigenvalue weighted by Gasteiger charge is -2.29. The van der Waals surface area contributed by atoms with Crippen LogP contribution in [0.15, 0.2) is 24.3 Å². The fourth-order valence-corrected chi connectivity index (χ4v) is 2.84. The second-order valence-corrected chi connectivity index (χ2v) is 6.08. The van der Waals surface area contributed by atoms with Gasteiger partial charge in [0.1, 0.15) is 0 Å². The van der Waals surface area contributed by atoms with Crippen molar-refractivity contribution in [3.63, 3.8) is 0 Å². The number of anilines is 1. The Morgan fingerprint density at radius 1 is 1.08 bits per heavy atom. The molecule has 1 saturated carbocycles. The number of halogens is 3. The molecule has 0 saturated heterocycles. The quantitative estimate of drug-likeness (QED) is 0.661. The number of urea groups is 1. The van der Waals surface area contributed by atoms with Gasteiger partial charge in [-0.05, 0) is 55.9 Å². The van der Waals surface area contributed by atoms with E-state index in [1.807, 2.05) is 0 Å². The minimum absolute atomic E-state index is 0.0319. The summed E-state index contributed by atoms with van der Waals surface area (Å²) in [7, 11) is 0. The first-order valence-electron chi connectivity index (χ1n) is 7.95. The molecule has 0 spiro atoms. The summed E-state index contributed by atoms with van der Waals surface area (Å²) in [4.78, 5) is 22.4. The molecule has 0 bridgehead atoms. The van der Waals surface area contributed by atoms with Gasteiger partial charge in [-0.3, -0.25) is 0 Å². The fourth-order valence-electron chi connectivity index (χ4n) is 2.84. The van der Waals surface area contributed by atoms with Crippen LogP contribution in [0.25, 0.3) is 0 Å². The Bertz CT molecular complexity index is 597. The van der Waals surface area contributed by atoms with Crippen LogP contribution < -0.4 is 16.0 Å². The number of hydrogen-bond acceptors (Lipinski definition) is 2. The van der Waals surface area contributed by atoms with Crippen LogP contribution in [0.5, 0.6) is 0 Å². The van der Waals surface area contributed by atoms with E-state index in [2.05, 4.69) is 16.0 Å². The van der Waals surface area contributed by atoms with Crippen LogP contribution in [0.1, 0.15) is 31.2 Å². The number of carbonyl (C=O) groups is 2. The maximum atomic E-state index is 12.5. The summed E-state index contributed by atoms with van der Waals surface area (Å²) in [5.41, 5.74) is -0.489. The highest BCUT2D eigenvalue weighted by Crippen LogP contribution is 2.30. The van der Waals surface area contributed by atoms with Gasteiger partial charge in [0.15, 0.2) is 0 Å². The maximum Gasteiger partial charge on any atom is 0.416 e. The smallest absolute Gasteiger partial charge is 0.416 e. The number of carbonyl (C=O) groups excluding carboxylic acids is 1. The largest absolute Gasteiger partial charge is 0.465 e. The zero-order chi connectivity index (χ0) is 18.4. The number of alkyl halides is 3. The molecule has 1 fully saturated rings. The number of carboxylic acid groups (broad SMARTS) is 1. The second kappa shape index (κ2) is 8.09. The van der Waals surface area contributed by atoms with Gasteiger partial charge in [0.2, 0.25) is 0 Å². The Balaban J connectivity index is 1.75. The molecule has 0 unspecified atom stereocenters. The highest BCUT2D eigenvalue weighted by atomic mass is 19.4. The van der Waals surface area contributed by atoms with E-state index >= 15 is 0 Å². The van der Waals surface area contributed by atoms with E-state index in [0.29, 0.717) is 6.54 Å². The number of benzene rings is 1. The molecule has 1 aromatic carbocycles. The Morgan fingerprint density at radius 3 is 2.20 bits per heavy atom. The first kappa shape index (κ1) is 18.9. The van der Waals surface area contributed by atoms with Crippen LogP contribution in [-0.4, -0.2) is 29.8 Å². The van der Waals surface area contributed by atoms with Gasteiger partial charge in [-0.15, -0.1) is 0 Å². The van der Waals surface area contributed by atoms with E-state index in [4.69, 9.17) is 5.11 Å². The molecule has 1 aliphatic carbocycles. The van der Waals surface area contributed by atoms with Gasteiger partial charge in [0.25, 0.3) is 0 Å². The third-order valence-electron chi connectivity index (χ3n) is 4.19. The van der Waals surface area contributed by atoms with Crippen LogP contribution in [-0.2, 0) is 6.18 Å². The van der Waals surface area contributed by atoms with Gasteiger partial charge in [-0.2, -0.15) is 13.2 Å². The van der Waals surface area contributed by atoms with Crippen molar-refractivity contribution in [3.8, 4) is 0 Å². The van der Waals surface area contributed by atoms with E-state index < -0.39 is 23.9 Å². The first-order valence-corrected chi connectivity index (χ1v) is 7.95. The molecule has 9 heteroatoms. The van der Waals surface area contributed by atoms with Crippen molar-refractivity contribution in [2.45, 2.75) is 37.9 Å². The normalized spacial score (nSPS) is 20.6. The number of rotatable bonds is 4.